The molecule has 0 saturated heterocycles. The van der Waals surface area contributed by atoms with Gasteiger partial charge in [0.2, 0.25) is 0 Å². The van der Waals surface area contributed by atoms with E-state index in [1.807, 2.05) is 6.92 Å². The molecule has 1 atom stereocenters. The van der Waals surface area contributed by atoms with E-state index >= 15 is 0 Å². The van der Waals surface area contributed by atoms with E-state index in [0.717, 1.165) is 18.4 Å². The van der Waals surface area contributed by atoms with Gasteiger partial charge in [0.15, 0.2) is 6.10 Å². The molecule has 1 unspecified atom stereocenters. The summed E-state index contributed by atoms with van der Waals surface area (Å²) in [4.78, 5) is 10.8. The zero-order valence-electron chi connectivity index (χ0n) is 10.8. The first-order valence-electron chi connectivity index (χ1n) is 5.70. The fourth-order valence-electron chi connectivity index (χ4n) is 1.80. The molecule has 100 valence electrons. The minimum absolute atomic E-state index is 0.196. The number of aliphatic carboxylic acids is 1. The van der Waals surface area contributed by atoms with Crippen LogP contribution in [0.1, 0.15) is 30.6 Å². The quantitative estimate of drug-likeness (QED) is 0.809. The van der Waals surface area contributed by atoms with E-state index in [0.29, 0.717) is 11.5 Å². The molecule has 18 heavy (non-hydrogen) atoms. The predicted octanol–water partition coefficient (Wildman–Crippen LogP) is 1.77. The van der Waals surface area contributed by atoms with Gasteiger partial charge in [-0.05, 0) is 24.1 Å². The van der Waals surface area contributed by atoms with Crippen molar-refractivity contribution in [2.75, 3.05) is 14.2 Å². The van der Waals surface area contributed by atoms with E-state index in [-0.39, 0.29) is 5.56 Å². The number of aryl methyl sites for hydroxylation is 1. The van der Waals surface area contributed by atoms with E-state index in [4.69, 9.17) is 14.6 Å². The summed E-state index contributed by atoms with van der Waals surface area (Å²) in [6.07, 6.45) is 0.105. The Morgan fingerprint density at radius 2 is 1.89 bits per heavy atom. The smallest absolute Gasteiger partial charge is 0.337 e. The lowest BCUT2D eigenvalue weighted by molar-refractivity contribution is -0.147. The number of hydrogen-bond donors (Lipinski definition) is 2. The average Bonchev–Trinajstić information content (AvgIpc) is 2.37. The molecule has 0 amide bonds. The van der Waals surface area contributed by atoms with Crippen LogP contribution in [0.3, 0.4) is 0 Å². The molecule has 0 fully saturated rings. The molecule has 0 aliphatic heterocycles. The Labute approximate surface area is 106 Å². The lowest BCUT2D eigenvalue weighted by Gasteiger charge is -2.16. The zero-order valence-corrected chi connectivity index (χ0v) is 10.8. The Bertz CT molecular complexity index is 428. The third-order valence-electron chi connectivity index (χ3n) is 2.68. The van der Waals surface area contributed by atoms with Crippen molar-refractivity contribution in [3.05, 3.63) is 23.3 Å². The number of hydrogen-bond acceptors (Lipinski definition) is 4. The minimum Gasteiger partial charge on any atom is -0.496 e. The van der Waals surface area contributed by atoms with Gasteiger partial charge in [0.1, 0.15) is 11.5 Å². The van der Waals surface area contributed by atoms with E-state index < -0.39 is 12.1 Å². The van der Waals surface area contributed by atoms with Gasteiger partial charge in [0.05, 0.1) is 14.2 Å². The van der Waals surface area contributed by atoms with Gasteiger partial charge < -0.3 is 19.7 Å². The molecule has 0 aliphatic rings. The fraction of sp³-hybridized carbons (Fsp3) is 0.462. The van der Waals surface area contributed by atoms with Crippen LogP contribution in [0.25, 0.3) is 0 Å². The van der Waals surface area contributed by atoms with E-state index in [9.17, 15) is 9.90 Å². The van der Waals surface area contributed by atoms with Crippen LogP contribution in [-0.4, -0.2) is 30.4 Å². The second-order valence-corrected chi connectivity index (χ2v) is 3.90. The molecule has 0 saturated carbocycles. The van der Waals surface area contributed by atoms with Crippen LogP contribution in [0.15, 0.2) is 12.1 Å². The van der Waals surface area contributed by atoms with Gasteiger partial charge in [0.25, 0.3) is 0 Å². The van der Waals surface area contributed by atoms with Crippen molar-refractivity contribution < 1.29 is 24.5 Å². The first kappa shape index (κ1) is 14.3. The summed E-state index contributed by atoms with van der Waals surface area (Å²) in [6.45, 7) is 2.03. The Hall–Kier alpha value is -1.75. The summed E-state index contributed by atoms with van der Waals surface area (Å²) in [5, 5.41) is 18.5. The molecule has 1 aromatic rings. The second-order valence-electron chi connectivity index (χ2n) is 3.90. The van der Waals surface area contributed by atoms with Crippen molar-refractivity contribution in [3.63, 3.8) is 0 Å². The van der Waals surface area contributed by atoms with Crippen LogP contribution in [0.4, 0.5) is 0 Å². The number of carboxylic acid groups (broad SMARTS) is 1. The Morgan fingerprint density at radius 1 is 1.28 bits per heavy atom. The van der Waals surface area contributed by atoms with Crippen molar-refractivity contribution in [2.24, 2.45) is 0 Å². The van der Waals surface area contributed by atoms with Gasteiger partial charge in [-0.25, -0.2) is 4.79 Å². The topological polar surface area (TPSA) is 76.0 Å². The number of methoxy groups -OCH3 is 2. The number of aliphatic hydroxyl groups is 1. The summed E-state index contributed by atoms with van der Waals surface area (Å²) >= 11 is 0. The van der Waals surface area contributed by atoms with Crippen LogP contribution < -0.4 is 9.47 Å². The molecule has 0 heterocycles. The van der Waals surface area contributed by atoms with Crippen molar-refractivity contribution in [3.8, 4) is 11.5 Å². The summed E-state index contributed by atoms with van der Waals surface area (Å²) in [7, 11) is 2.95. The molecule has 1 aromatic carbocycles. The maximum Gasteiger partial charge on any atom is 0.337 e. The lowest BCUT2D eigenvalue weighted by atomic mass is 10.0. The highest BCUT2D eigenvalue weighted by Gasteiger charge is 2.22. The van der Waals surface area contributed by atoms with Crippen LogP contribution in [0, 0.1) is 0 Å². The highest BCUT2D eigenvalue weighted by Crippen LogP contribution is 2.33. The summed E-state index contributed by atoms with van der Waals surface area (Å²) in [5.41, 5.74) is 1.12. The molecule has 0 aliphatic carbocycles. The largest absolute Gasteiger partial charge is 0.496 e. The predicted molar refractivity (Wildman–Crippen MR) is 66.1 cm³/mol. The Balaban J connectivity index is 3.29. The highest BCUT2D eigenvalue weighted by atomic mass is 16.5. The van der Waals surface area contributed by atoms with Gasteiger partial charge in [-0.15, -0.1) is 0 Å². The van der Waals surface area contributed by atoms with Crippen molar-refractivity contribution >= 4 is 5.97 Å². The molecule has 5 heteroatoms. The molecule has 1 rings (SSSR count). The Kier molecular flexibility index (Phi) is 4.97. The lowest BCUT2D eigenvalue weighted by Crippen LogP contribution is -2.12. The number of ether oxygens (including phenoxy) is 2. The maximum absolute atomic E-state index is 10.8. The molecule has 0 bridgehead atoms. The molecule has 0 radical (unpaired) electrons. The standard InChI is InChI=1S/C13H18O5/c1-4-5-8-6-11(18-3)9(7-10(8)17-2)12(14)13(15)16/h6-7,12,14H,4-5H2,1-3H3,(H,15,16). The molecule has 5 nitrogen and oxygen atoms in total. The monoisotopic (exact) mass is 254 g/mol. The highest BCUT2D eigenvalue weighted by molar-refractivity contribution is 5.75. The number of rotatable bonds is 6. The molecule has 0 aromatic heterocycles. The molecule has 2 N–H and O–H groups in total. The van der Waals surface area contributed by atoms with Crippen molar-refractivity contribution in [1.29, 1.82) is 0 Å². The molecular formula is C13H18O5. The van der Waals surface area contributed by atoms with Crippen LogP contribution in [-0.2, 0) is 11.2 Å². The third kappa shape index (κ3) is 2.92. The van der Waals surface area contributed by atoms with Gasteiger partial charge >= 0.3 is 5.97 Å². The maximum atomic E-state index is 10.8. The van der Waals surface area contributed by atoms with Gasteiger partial charge in [-0.3, -0.25) is 0 Å². The second kappa shape index (κ2) is 6.26. The van der Waals surface area contributed by atoms with Crippen LogP contribution in [0.5, 0.6) is 11.5 Å². The van der Waals surface area contributed by atoms with Crippen molar-refractivity contribution in [2.45, 2.75) is 25.9 Å². The normalized spacial score (nSPS) is 12.0. The summed E-state index contributed by atoms with van der Waals surface area (Å²) in [5.74, 6) is -0.402. The fourth-order valence-corrected chi connectivity index (χ4v) is 1.80. The molecule has 0 spiro atoms. The van der Waals surface area contributed by atoms with E-state index in [2.05, 4.69) is 0 Å². The number of aliphatic hydroxyl groups excluding tert-OH is 1. The van der Waals surface area contributed by atoms with Gasteiger partial charge in [-0.1, -0.05) is 13.3 Å². The number of benzene rings is 1. The third-order valence-corrected chi connectivity index (χ3v) is 2.68. The van der Waals surface area contributed by atoms with Crippen molar-refractivity contribution in [1.82, 2.24) is 0 Å². The van der Waals surface area contributed by atoms with Gasteiger partial charge in [0, 0.05) is 5.56 Å². The van der Waals surface area contributed by atoms with Crippen LogP contribution >= 0.6 is 0 Å². The average molecular weight is 254 g/mol. The number of carboxylic acids is 1. The first-order chi connectivity index (χ1) is 8.54. The first-order valence-corrected chi connectivity index (χ1v) is 5.70. The van der Waals surface area contributed by atoms with E-state index in [1.165, 1.54) is 20.3 Å². The van der Waals surface area contributed by atoms with Gasteiger partial charge in [-0.2, -0.15) is 0 Å². The Morgan fingerprint density at radius 3 is 2.33 bits per heavy atom. The molecular weight excluding hydrogens is 236 g/mol. The summed E-state index contributed by atoms with van der Waals surface area (Å²) in [6, 6.07) is 3.23. The summed E-state index contributed by atoms with van der Waals surface area (Å²) < 4.78 is 10.3. The van der Waals surface area contributed by atoms with Crippen LogP contribution in [0.2, 0.25) is 0 Å². The SMILES string of the molecule is CCCc1cc(OC)c(C(O)C(=O)O)cc1OC. The zero-order chi connectivity index (χ0) is 13.7. The number of carbonyl (C=O) groups is 1. The minimum atomic E-state index is -1.62. The van der Waals surface area contributed by atoms with E-state index in [1.54, 1.807) is 6.07 Å².